The lowest BCUT2D eigenvalue weighted by molar-refractivity contribution is 0.188. The maximum Gasteiger partial charge on any atom is 0.194 e. The Labute approximate surface area is 149 Å². The van der Waals surface area contributed by atoms with E-state index >= 15 is 0 Å². The predicted octanol–water partition coefficient (Wildman–Crippen LogP) is 1.66. The molecule has 0 amide bonds. The van der Waals surface area contributed by atoms with E-state index in [9.17, 15) is 5.11 Å². The third kappa shape index (κ3) is 4.82. The first-order chi connectivity index (χ1) is 12.3. The second kappa shape index (κ2) is 8.67. The largest absolute Gasteiger partial charge is 0.391 e. The second-order valence-corrected chi connectivity index (χ2v) is 6.33. The van der Waals surface area contributed by atoms with Crippen molar-refractivity contribution in [2.45, 2.75) is 39.0 Å². The number of aromatic nitrogens is 2. The van der Waals surface area contributed by atoms with Crippen LogP contribution in [-0.2, 0) is 19.5 Å². The molecule has 6 heteroatoms. The van der Waals surface area contributed by atoms with Crippen LogP contribution in [0, 0.1) is 0 Å². The van der Waals surface area contributed by atoms with Crippen molar-refractivity contribution in [1.29, 1.82) is 0 Å². The quantitative estimate of drug-likeness (QED) is 0.619. The van der Waals surface area contributed by atoms with Crippen molar-refractivity contribution in [1.82, 2.24) is 19.8 Å². The Morgan fingerprint density at radius 1 is 1.36 bits per heavy atom. The molecule has 2 aromatic rings. The molecule has 2 N–H and O–H groups in total. The van der Waals surface area contributed by atoms with Gasteiger partial charge in [-0.3, -0.25) is 0 Å². The fourth-order valence-electron chi connectivity index (χ4n) is 3.10. The van der Waals surface area contributed by atoms with Crippen LogP contribution in [0.25, 0.3) is 0 Å². The number of aliphatic imine (C=N–C) groups is 1. The second-order valence-electron chi connectivity index (χ2n) is 6.33. The lowest BCUT2D eigenvalue weighted by atomic mass is 10.1. The molecular weight excluding hydrogens is 314 g/mol. The molecule has 1 fully saturated rings. The molecule has 0 bridgehead atoms. The summed E-state index contributed by atoms with van der Waals surface area (Å²) in [5.41, 5.74) is 1.32. The summed E-state index contributed by atoms with van der Waals surface area (Å²) < 4.78 is 2.17. The van der Waals surface area contributed by atoms with Gasteiger partial charge in [0.25, 0.3) is 0 Å². The van der Waals surface area contributed by atoms with Crippen LogP contribution in [0.2, 0.25) is 0 Å². The summed E-state index contributed by atoms with van der Waals surface area (Å²) in [6, 6.07) is 10.5. The van der Waals surface area contributed by atoms with E-state index in [4.69, 9.17) is 4.99 Å². The van der Waals surface area contributed by atoms with Crippen molar-refractivity contribution in [3.63, 3.8) is 0 Å². The Balaban J connectivity index is 1.62. The van der Waals surface area contributed by atoms with E-state index in [1.54, 1.807) is 0 Å². The van der Waals surface area contributed by atoms with Crippen LogP contribution < -0.4 is 5.32 Å². The highest BCUT2D eigenvalue weighted by Gasteiger charge is 2.22. The number of β-amino-alcohol motifs (C(OH)–C–C–N with tert-alkyl or cyclic N) is 1. The standard InChI is InChI=1S/C19H27N5O/c1-2-20-19(24-12-9-17(25)15-24)22-14-18-21-10-13-23(18)11-8-16-6-4-3-5-7-16/h3-7,10,13,17,25H,2,8-9,11-12,14-15H2,1H3,(H,20,22)/t17-/m1/s1. The Morgan fingerprint density at radius 2 is 2.20 bits per heavy atom. The van der Waals surface area contributed by atoms with Gasteiger partial charge >= 0.3 is 0 Å². The van der Waals surface area contributed by atoms with Crippen LogP contribution in [0.5, 0.6) is 0 Å². The summed E-state index contributed by atoms with van der Waals surface area (Å²) in [7, 11) is 0. The minimum Gasteiger partial charge on any atom is -0.391 e. The van der Waals surface area contributed by atoms with Gasteiger partial charge in [0.1, 0.15) is 12.4 Å². The zero-order valence-corrected chi connectivity index (χ0v) is 14.8. The molecule has 2 heterocycles. The number of rotatable bonds is 6. The number of aryl methyl sites for hydroxylation is 2. The van der Waals surface area contributed by atoms with Crippen molar-refractivity contribution < 1.29 is 5.11 Å². The fourth-order valence-corrected chi connectivity index (χ4v) is 3.10. The van der Waals surface area contributed by atoms with E-state index in [0.29, 0.717) is 13.1 Å². The number of guanidine groups is 1. The number of aliphatic hydroxyl groups is 1. The fraction of sp³-hybridized carbons (Fsp3) is 0.474. The highest BCUT2D eigenvalue weighted by molar-refractivity contribution is 5.80. The summed E-state index contributed by atoms with van der Waals surface area (Å²) in [6.45, 7) is 5.80. The molecule has 25 heavy (non-hydrogen) atoms. The third-order valence-electron chi connectivity index (χ3n) is 4.45. The molecule has 0 spiro atoms. The maximum atomic E-state index is 9.75. The Kier molecular flexibility index (Phi) is 6.06. The van der Waals surface area contributed by atoms with Gasteiger partial charge < -0.3 is 19.9 Å². The highest BCUT2D eigenvalue weighted by Crippen LogP contribution is 2.10. The average Bonchev–Trinajstić information content (AvgIpc) is 3.26. The molecule has 0 radical (unpaired) electrons. The number of hydrogen-bond donors (Lipinski definition) is 2. The van der Waals surface area contributed by atoms with Crippen molar-refractivity contribution in [3.8, 4) is 0 Å². The third-order valence-corrected chi connectivity index (χ3v) is 4.45. The van der Waals surface area contributed by atoms with Crippen LogP contribution in [-0.4, -0.2) is 51.3 Å². The molecule has 1 aliphatic heterocycles. The van der Waals surface area contributed by atoms with E-state index in [1.807, 2.05) is 18.5 Å². The predicted molar refractivity (Wildman–Crippen MR) is 99.4 cm³/mol. The molecule has 0 unspecified atom stereocenters. The Hall–Kier alpha value is -2.34. The van der Waals surface area contributed by atoms with Gasteiger partial charge in [0, 0.05) is 38.6 Å². The number of imidazole rings is 1. The van der Waals surface area contributed by atoms with E-state index in [1.165, 1.54) is 5.56 Å². The number of nitrogens with one attached hydrogen (secondary N) is 1. The van der Waals surface area contributed by atoms with Crippen molar-refractivity contribution in [3.05, 3.63) is 54.1 Å². The van der Waals surface area contributed by atoms with Crippen LogP contribution in [0.3, 0.4) is 0 Å². The van der Waals surface area contributed by atoms with Crippen molar-refractivity contribution in [2.75, 3.05) is 19.6 Å². The lowest BCUT2D eigenvalue weighted by Gasteiger charge is -2.20. The molecule has 6 nitrogen and oxygen atoms in total. The molecule has 1 aromatic heterocycles. The molecule has 1 aromatic carbocycles. The first-order valence-electron chi connectivity index (χ1n) is 9.01. The van der Waals surface area contributed by atoms with Crippen molar-refractivity contribution >= 4 is 5.96 Å². The van der Waals surface area contributed by atoms with E-state index < -0.39 is 0 Å². The van der Waals surface area contributed by atoms with Gasteiger partial charge in [0.15, 0.2) is 5.96 Å². The van der Waals surface area contributed by atoms with Crippen LogP contribution in [0.15, 0.2) is 47.7 Å². The molecule has 1 saturated heterocycles. The number of benzene rings is 1. The minimum absolute atomic E-state index is 0.253. The Bertz CT molecular complexity index is 682. The highest BCUT2D eigenvalue weighted by atomic mass is 16.3. The van der Waals surface area contributed by atoms with E-state index in [2.05, 4.69) is 51.0 Å². The summed E-state index contributed by atoms with van der Waals surface area (Å²) in [5.74, 6) is 1.82. The van der Waals surface area contributed by atoms with Gasteiger partial charge in [0.05, 0.1) is 6.10 Å². The van der Waals surface area contributed by atoms with E-state index in [-0.39, 0.29) is 6.10 Å². The Morgan fingerprint density at radius 3 is 2.92 bits per heavy atom. The summed E-state index contributed by atoms with van der Waals surface area (Å²) in [4.78, 5) is 11.3. The molecule has 0 aliphatic carbocycles. The van der Waals surface area contributed by atoms with Gasteiger partial charge in [-0.05, 0) is 25.3 Å². The smallest absolute Gasteiger partial charge is 0.194 e. The maximum absolute atomic E-state index is 9.75. The molecule has 3 rings (SSSR count). The molecular formula is C19H27N5O. The number of hydrogen-bond acceptors (Lipinski definition) is 3. The van der Waals surface area contributed by atoms with Crippen molar-refractivity contribution in [2.24, 2.45) is 4.99 Å². The summed E-state index contributed by atoms with van der Waals surface area (Å²) in [5, 5.41) is 13.1. The lowest BCUT2D eigenvalue weighted by Crippen LogP contribution is -2.40. The van der Waals surface area contributed by atoms with Crippen LogP contribution in [0.1, 0.15) is 24.7 Å². The molecule has 1 aliphatic rings. The van der Waals surface area contributed by atoms with E-state index in [0.717, 1.165) is 44.3 Å². The first-order valence-corrected chi connectivity index (χ1v) is 9.01. The SMILES string of the molecule is CCNC(=NCc1nccn1CCc1ccccc1)N1CC[C@@H](O)C1. The molecule has 1 atom stereocenters. The number of likely N-dealkylation sites (tertiary alicyclic amines) is 1. The average molecular weight is 341 g/mol. The van der Waals surface area contributed by atoms with Gasteiger partial charge in [0.2, 0.25) is 0 Å². The van der Waals surface area contributed by atoms with Gasteiger partial charge in [-0.2, -0.15) is 0 Å². The summed E-state index contributed by atoms with van der Waals surface area (Å²) >= 11 is 0. The van der Waals surface area contributed by atoms with Crippen LogP contribution in [0.4, 0.5) is 0 Å². The van der Waals surface area contributed by atoms with Gasteiger partial charge in [-0.1, -0.05) is 30.3 Å². The summed E-state index contributed by atoms with van der Waals surface area (Å²) in [6.07, 6.45) is 5.38. The van der Waals surface area contributed by atoms with Gasteiger partial charge in [-0.15, -0.1) is 0 Å². The zero-order valence-electron chi connectivity index (χ0n) is 14.8. The minimum atomic E-state index is -0.253. The number of aliphatic hydroxyl groups excluding tert-OH is 1. The normalized spacial score (nSPS) is 17.9. The zero-order chi connectivity index (χ0) is 17.5. The van der Waals surface area contributed by atoms with Gasteiger partial charge in [-0.25, -0.2) is 9.98 Å². The molecule has 0 saturated carbocycles. The first kappa shape index (κ1) is 17.5. The number of nitrogens with zero attached hydrogens (tertiary/aromatic N) is 4. The monoisotopic (exact) mass is 341 g/mol. The molecule has 134 valence electrons. The van der Waals surface area contributed by atoms with Crippen LogP contribution >= 0.6 is 0 Å². The topological polar surface area (TPSA) is 65.7 Å².